The number of amides is 1. The molecule has 2 bridgehead atoms. The van der Waals surface area contributed by atoms with Crippen LogP contribution in [0.4, 0.5) is 11.1 Å². The number of hydrogen-bond donors (Lipinski definition) is 1. The number of carbonyl (C=O) groups excluding carboxylic acids is 1. The van der Waals surface area contributed by atoms with Gasteiger partial charge in [-0.2, -0.15) is 4.98 Å². The normalized spacial score (nSPS) is 18.9. The third kappa shape index (κ3) is 4.05. The van der Waals surface area contributed by atoms with Gasteiger partial charge in [0.2, 0.25) is 5.95 Å². The molecule has 0 radical (unpaired) electrons. The SMILES string of the molecule is COc1cnc(Cl)cc1-c1cc(C)ncc1C(=O)Nc1nc2cnc(N3C[C@@H]4C[C@H]3CO4)nc2s1. The van der Waals surface area contributed by atoms with Crippen molar-refractivity contribution in [1.82, 2.24) is 24.9 Å². The van der Waals surface area contributed by atoms with E-state index in [9.17, 15) is 4.79 Å². The molecular weight excluding hydrogens is 490 g/mol. The van der Waals surface area contributed by atoms with E-state index in [1.807, 2.05) is 13.0 Å². The van der Waals surface area contributed by atoms with Gasteiger partial charge in [0, 0.05) is 29.6 Å². The number of morpholine rings is 1. The van der Waals surface area contributed by atoms with E-state index in [0.717, 1.165) is 18.7 Å². The Morgan fingerprint density at radius 1 is 1.20 bits per heavy atom. The molecule has 6 heterocycles. The van der Waals surface area contributed by atoms with Gasteiger partial charge in [-0.3, -0.25) is 15.1 Å². The molecule has 0 unspecified atom stereocenters. The van der Waals surface area contributed by atoms with E-state index < -0.39 is 0 Å². The number of nitrogens with one attached hydrogen (secondary N) is 1. The van der Waals surface area contributed by atoms with Crippen LogP contribution in [0.25, 0.3) is 21.5 Å². The minimum Gasteiger partial charge on any atom is -0.494 e. The lowest BCUT2D eigenvalue weighted by molar-refractivity contribution is 0.0986. The molecule has 4 aromatic heterocycles. The maximum atomic E-state index is 13.3. The van der Waals surface area contributed by atoms with Crippen molar-refractivity contribution in [2.24, 2.45) is 0 Å². The number of halogens is 1. The molecule has 6 rings (SSSR count). The molecule has 0 aromatic carbocycles. The van der Waals surface area contributed by atoms with E-state index >= 15 is 0 Å². The Hall–Kier alpha value is -3.41. The van der Waals surface area contributed by atoms with E-state index in [-0.39, 0.29) is 12.0 Å². The molecule has 4 aromatic rings. The van der Waals surface area contributed by atoms with E-state index in [0.29, 0.717) is 61.7 Å². The molecule has 178 valence electrons. The van der Waals surface area contributed by atoms with Crippen molar-refractivity contribution in [3.05, 3.63) is 47.1 Å². The minimum absolute atomic E-state index is 0.252. The summed E-state index contributed by atoms with van der Waals surface area (Å²) in [6.45, 7) is 3.35. The lowest BCUT2D eigenvalue weighted by Gasteiger charge is -2.26. The summed E-state index contributed by atoms with van der Waals surface area (Å²) in [5.41, 5.74) is 3.00. The highest BCUT2D eigenvalue weighted by molar-refractivity contribution is 7.22. The van der Waals surface area contributed by atoms with Gasteiger partial charge in [0.25, 0.3) is 5.91 Å². The number of methoxy groups -OCH3 is 1. The summed E-state index contributed by atoms with van der Waals surface area (Å²) in [5, 5.41) is 3.60. The summed E-state index contributed by atoms with van der Waals surface area (Å²) in [4.78, 5) is 38.3. The number of aromatic nitrogens is 5. The number of fused-ring (bicyclic) bond motifs is 3. The standard InChI is InChI=1S/C23H20ClN7O3S/c1-11-3-14(15-5-19(24)26-8-18(15)33-2)16(6-25-11)20(32)29-23-28-17-7-27-22(30-21(17)35-23)31-9-13-4-12(31)10-34-13/h3,5-8,12-13H,4,9-10H2,1-2H3,(H,28,29,32)/t12-,13-/m0/s1. The highest BCUT2D eigenvalue weighted by Crippen LogP contribution is 2.35. The van der Waals surface area contributed by atoms with Crippen molar-refractivity contribution in [3.63, 3.8) is 0 Å². The first-order valence-electron chi connectivity index (χ1n) is 11.0. The van der Waals surface area contributed by atoms with Crippen molar-refractivity contribution in [3.8, 4) is 16.9 Å². The molecule has 1 amide bonds. The van der Waals surface area contributed by atoms with Gasteiger partial charge in [0.05, 0.1) is 43.8 Å². The molecule has 2 fully saturated rings. The average Bonchev–Trinajstić information content (AvgIpc) is 3.59. The van der Waals surface area contributed by atoms with Crippen LogP contribution >= 0.6 is 22.9 Å². The highest BCUT2D eigenvalue weighted by atomic mass is 35.5. The van der Waals surface area contributed by atoms with Gasteiger partial charge in [-0.05, 0) is 25.5 Å². The number of carbonyl (C=O) groups is 1. The van der Waals surface area contributed by atoms with Gasteiger partial charge in [-0.25, -0.2) is 15.0 Å². The zero-order valence-electron chi connectivity index (χ0n) is 18.9. The smallest absolute Gasteiger partial charge is 0.259 e. The molecule has 0 spiro atoms. The molecular formula is C23H20ClN7O3S. The summed E-state index contributed by atoms with van der Waals surface area (Å²) in [7, 11) is 1.54. The Morgan fingerprint density at radius 3 is 2.86 bits per heavy atom. The molecule has 2 atom stereocenters. The van der Waals surface area contributed by atoms with Gasteiger partial charge in [-0.1, -0.05) is 22.9 Å². The Kier molecular flexibility index (Phi) is 5.47. The Morgan fingerprint density at radius 2 is 2.09 bits per heavy atom. The fourth-order valence-electron chi connectivity index (χ4n) is 4.48. The fraction of sp³-hybridized carbons (Fsp3) is 0.304. The van der Waals surface area contributed by atoms with E-state index in [2.05, 4.69) is 30.2 Å². The zero-order chi connectivity index (χ0) is 24.1. The summed E-state index contributed by atoms with van der Waals surface area (Å²) < 4.78 is 11.1. The first-order chi connectivity index (χ1) is 17.0. The number of ether oxygens (including phenoxy) is 2. The van der Waals surface area contributed by atoms with Crippen LogP contribution in [0.3, 0.4) is 0 Å². The fourth-order valence-corrected chi connectivity index (χ4v) is 5.44. The first-order valence-corrected chi connectivity index (χ1v) is 12.2. The second-order valence-corrected chi connectivity index (χ2v) is 9.77. The van der Waals surface area contributed by atoms with Crippen LogP contribution in [0.15, 0.2) is 30.7 Å². The number of anilines is 2. The Balaban J connectivity index is 1.30. The molecule has 0 aliphatic carbocycles. The van der Waals surface area contributed by atoms with Crippen molar-refractivity contribution < 1.29 is 14.3 Å². The largest absolute Gasteiger partial charge is 0.494 e. The maximum absolute atomic E-state index is 13.3. The van der Waals surface area contributed by atoms with Crippen LogP contribution < -0.4 is 15.0 Å². The van der Waals surface area contributed by atoms with Gasteiger partial charge in [0.15, 0.2) is 9.96 Å². The number of hydrogen-bond acceptors (Lipinski definition) is 10. The van der Waals surface area contributed by atoms with E-state index in [1.54, 1.807) is 19.4 Å². The van der Waals surface area contributed by atoms with Crippen LogP contribution in [0.2, 0.25) is 5.15 Å². The molecule has 2 aliphatic rings. The topological polar surface area (TPSA) is 115 Å². The second kappa shape index (κ2) is 8.67. The molecule has 10 nitrogen and oxygen atoms in total. The lowest BCUT2D eigenvalue weighted by atomic mass is 10.0. The van der Waals surface area contributed by atoms with E-state index in [1.165, 1.54) is 23.7 Å². The minimum atomic E-state index is -0.358. The van der Waals surface area contributed by atoms with Crippen LogP contribution in [0.5, 0.6) is 5.75 Å². The molecule has 0 saturated carbocycles. The summed E-state index contributed by atoms with van der Waals surface area (Å²) in [5.74, 6) is 0.808. The summed E-state index contributed by atoms with van der Waals surface area (Å²) >= 11 is 7.44. The second-order valence-electron chi connectivity index (χ2n) is 8.41. The Bertz CT molecular complexity index is 1460. The summed E-state index contributed by atoms with van der Waals surface area (Å²) in [6.07, 6.45) is 6.01. The highest BCUT2D eigenvalue weighted by Gasteiger charge is 2.40. The molecule has 1 N–H and O–H groups in total. The summed E-state index contributed by atoms with van der Waals surface area (Å²) in [6, 6.07) is 3.79. The van der Waals surface area contributed by atoms with E-state index in [4.69, 9.17) is 26.1 Å². The van der Waals surface area contributed by atoms with Gasteiger partial charge < -0.3 is 14.4 Å². The number of nitrogens with zero attached hydrogens (tertiary/aromatic N) is 6. The maximum Gasteiger partial charge on any atom is 0.259 e. The number of thiazole rings is 1. The van der Waals surface area contributed by atoms with Crippen LogP contribution in [0.1, 0.15) is 22.5 Å². The average molecular weight is 510 g/mol. The predicted molar refractivity (Wildman–Crippen MR) is 132 cm³/mol. The quantitative estimate of drug-likeness (QED) is 0.401. The van der Waals surface area contributed by atoms with Crippen molar-refractivity contribution in [2.45, 2.75) is 25.5 Å². The molecule has 35 heavy (non-hydrogen) atoms. The van der Waals surface area contributed by atoms with Crippen LogP contribution in [-0.4, -0.2) is 63.2 Å². The van der Waals surface area contributed by atoms with Crippen molar-refractivity contribution in [2.75, 3.05) is 30.5 Å². The Labute approximate surface area is 209 Å². The molecule has 2 aliphatic heterocycles. The first kappa shape index (κ1) is 22.1. The van der Waals surface area contributed by atoms with Crippen LogP contribution in [0, 0.1) is 6.92 Å². The van der Waals surface area contributed by atoms with Crippen molar-refractivity contribution >= 4 is 50.3 Å². The number of rotatable bonds is 5. The monoisotopic (exact) mass is 509 g/mol. The zero-order valence-corrected chi connectivity index (χ0v) is 20.4. The number of aryl methyl sites for hydroxylation is 1. The van der Waals surface area contributed by atoms with Crippen molar-refractivity contribution in [1.29, 1.82) is 0 Å². The predicted octanol–water partition coefficient (Wildman–Crippen LogP) is 3.74. The van der Waals surface area contributed by atoms with Crippen LogP contribution in [-0.2, 0) is 4.74 Å². The van der Waals surface area contributed by atoms with Gasteiger partial charge >= 0.3 is 0 Å². The third-order valence-electron chi connectivity index (χ3n) is 6.15. The third-order valence-corrected chi connectivity index (χ3v) is 7.23. The number of pyridine rings is 2. The van der Waals surface area contributed by atoms with Gasteiger partial charge in [0.1, 0.15) is 16.4 Å². The molecule has 12 heteroatoms. The molecule has 2 saturated heterocycles. The lowest BCUT2D eigenvalue weighted by Crippen LogP contribution is -2.38. The van der Waals surface area contributed by atoms with Gasteiger partial charge in [-0.15, -0.1) is 0 Å².